The fourth-order valence-corrected chi connectivity index (χ4v) is 4.44. The second kappa shape index (κ2) is 12.7. The number of nitrogens with one attached hydrogen (secondary N) is 2. The molecular weight excluding hydrogens is 582 g/mol. The van der Waals surface area contributed by atoms with Crippen molar-refractivity contribution in [2.75, 3.05) is 5.33 Å². The van der Waals surface area contributed by atoms with Crippen LogP contribution in [-0.4, -0.2) is 67.4 Å². The quantitative estimate of drug-likeness (QED) is 0.0950. The minimum atomic E-state index is -1.25. The number of likely N-dealkylation sites (tertiary alicyclic amines) is 1. The fourth-order valence-electron chi connectivity index (χ4n) is 3.38. The average Bonchev–Trinajstić information content (AvgIpc) is 2.81. The molecule has 1 heterocycles. The van der Waals surface area contributed by atoms with E-state index in [1.165, 1.54) is 0 Å². The number of hydrogen-bond donors (Lipinski definition) is 3. The number of thioether (sulfide) groups is 1. The highest BCUT2D eigenvalue weighted by Gasteiger charge is 2.53. The molecule has 3 unspecified atom stereocenters. The van der Waals surface area contributed by atoms with E-state index in [9.17, 15) is 29.1 Å². The molecule has 0 bridgehead atoms. The van der Waals surface area contributed by atoms with Crippen molar-refractivity contribution in [1.82, 2.24) is 15.5 Å². The summed E-state index contributed by atoms with van der Waals surface area (Å²) in [6.07, 6.45) is -0.848. The van der Waals surface area contributed by atoms with Gasteiger partial charge in [-0.2, -0.15) is 0 Å². The number of rotatable bonds is 9. The number of aliphatic hydroxyl groups excluding tert-OH is 1. The third-order valence-electron chi connectivity index (χ3n) is 4.83. The molecule has 3 N–H and O–H groups in total. The van der Waals surface area contributed by atoms with Crippen molar-refractivity contribution >= 4 is 57.2 Å². The summed E-state index contributed by atoms with van der Waals surface area (Å²) in [6.45, 7) is 9.87. The summed E-state index contributed by atoms with van der Waals surface area (Å²) in [5, 5.41) is 14.2. The number of carbonyl (C=O) groups is 5. The van der Waals surface area contributed by atoms with E-state index in [2.05, 4.69) is 26.6 Å². The first-order valence-corrected chi connectivity index (χ1v) is 13.6. The van der Waals surface area contributed by atoms with Gasteiger partial charge in [-0.1, -0.05) is 58.0 Å². The largest absolute Gasteiger partial charge is 0.509 e. The summed E-state index contributed by atoms with van der Waals surface area (Å²) < 4.78 is 10.6. The molecule has 1 aromatic carbocycles. The number of hydrogen-bond acceptors (Lipinski definition) is 9. The lowest BCUT2D eigenvalue weighted by Gasteiger charge is -2.46. The molecule has 11 nitrogen and oxygen atoms in total. The zero-order chi connectivity index (χ0) is 28.8. The highest BCUT2D eigenvalue weighted by Crippen LogP contribution is 2.35. The molecule has 208 valence electrons. The number of carbonyl (C=O) groups excluding carboxylic acids is 5. The lowest BCUT2D eigenvalue weighted by atomic mass is 10.0. The minimum Gasteiger partial charge on any atom is -0.509 e. The van der Waals surface area contributed by atoms with Gasteiger partial charge in [0.25, 0.3) is 5.91 Å². The van der Waals surface area contributed by atoms with E-state index in [0.717, 1.165) is 4.90 Å². The first kappa shape index (κ1) is 31.2. The zero-order valence-corrected chi connectivity index (χ0v) is 24.3. The van der Waals surface area contributed by atoms with E-state index in [-0.39, 0.29) is 5.33 Å². The molecule has 0 aromatic heterocycles. The Hall–Kier alpha value is -3.06. The number of benzene rings is 1. The number of halogens is 1. The molecule has 0 radical (unpaired) electrons. The standard InChI is InChI=1S/C25H32BrN3O8S/c1-24(2,3)36-22(34)18(15(31)12-26)29-20(33)17(21(29)38-13-30)27-19(32)16(14-10-8-7-9-11-14)28-23(35)37-25(4,5)6/h7-11,13,16-17,21,31H,12H2,1-6H3,(H,27,32)(H,28,35). The molecule has 1 fully saturated rings. The maximum atomic E-state index is 13.3. The van der Waals surface area contributed by atoms with E-state index >= 15 is 0 Å². The van der Waals surface area contributed by atoms with E-state index in [4.69, 9.17) is 9.47 Å². The van der Waals surface area contributed by atoms with E-state index < -0.39 is 64.0 Å². The maximum Gasteiger partial charge on any atom is 0.408 e. The van der Waals surface area contributed by atoms with Crippen molar-refractivity contribution in [3.05, 3.63) is 47.4 Å². The van der Waals surface area contributed by atoms with Crippen LogP contribution in [0.25, 0.3) is 0 Å². The topological polar surface area (TPSA) is 151 Å². The summed E-state index contributed by atoms with van der Waals surface area (Å²) in [6, 6.07) is 5.84. The molecular formula is C25H32BrN3O8S. The van der Waals surface area contributed by atoms with Crippen LogP contribution in [0.3, 0.4) is 0 Å². The lowest BCUT2D eigenvalue weighted by Crippen LogP contribution is -2.70. The van der Waals surface area contributed by atoms with Crippen molar-refractivity contribution in [1.29, 1.82) is 0 Å². The Morgan fingerprint density at radius 3 is 2.18 bits per heavy atom. The number of alkyl carbamates (subject to hydrolysis) is 1. The molecule has 1 aliphatic heterocycles. The van der Waals surface area contributed by atoms with Gasteiger partial charge in [-0.15, -0.1) is 0 Å². The minimum absolute atomic E-state index is 0.170. The third-order valence-corrected chi connectivity index (χ3v) is 6.23. The van der Waals surface area contributed by atoms with Crippen LogP contribution >= 0.6 is 27.7 Å². The summed E-state index contributed by atoms with van der Waals surface area (Å²) >= 11 is 3.69. The molecule has 1 aliphatic rings. The number of nitrogens with zero attached hydrogens (tertiary/aromatic N) is 1. The van der Waals surface area contributed by atoms with Gasteiger partial charge in [-0.05, 0) is 47.1 Å². The summed E-state index contributed by atoms with van der Waals surface area (Å²) in [4.78, 5) is 64.1. The molecule has 13 heteroatoms. The van der Waals surface area contributed by atoms with Crippen LogP contribution in [0, 0.1) is 0 Å². The van der Waals surface area contributed by atoms with E-state index in [0.29, 0.717) is 22.9 Å². The fraction of sp³-hybridized carbons (Fsp3) is 0.480. The number of amides is 3. The van der Waals surface area contributed by atoms with Gasteiger partial charge in [0.05, 0.1) is 5.33 Å². The molecule has 1 aromatic rings. The maximum absolute atomic E-state index is 13.3. The normalized spacial score (nSPS) is 18.9. The summed E-state index contributed by atoms with van der Waals surface area (Å²) in [7, 11) is 0. The summed E-state index contributed by atoms with van der Waals surface area (Å²) in [5.41, 5.74) is -1.32. The second-order valence-corrected chi connectivity index (χ2v) is 11.7. The van der Waals surface area contributed by atoms with Crippen LogP contribution in [0.2, 0.25) is 0 Å². The van der Waals surface area contributed by atoms with Gasteiger partial charge in [0.1, 0.15) is 34.4 Å². The number of β-lactam (4-membered cyclic amide) rings is 1. The smallest absolute Gasteiger partial charge is 0.408 e. The average molecular weight is 615 g/mol. The molecule has 0 saturated carbocycles. The highest BCUT2D eigenvalue weighted by atomic mass is 79.9. The van der Waals surface area contributed by atoms with E-state index in [1.807, 2.05) is 0 Å². The van der Waals surface area contributed by atoms with Gasteiger partial charge in [0.2, 0.25) is 5.91 Å². The van der Waals surface area contributed by atoms with Crippen LogP contribution in [-0.2, 0) is 28.7 Å². The van der Waals surface area contributed by atoms with Crippen molar-refractivity contribution < 1.29 is 38.6 Å². The number of aliphatic hydroxyl groups is 1. The Labute approximate surface area is 233 Å². The van der Waals surface area contributed by atoms with E-state index in [1.54, 1.807) is 71.9 Å². The molecule has 1 saturated heterocycles. The molecule has 2 rings (SSSR count). The molecule has 0 aliphatic carbocycles. The van der Waals surface area contributed by atoms with Crippen LogP contribution < -0.4 is 10.6 Å². The Morgan fingerprint density at radius 2 is 1.68 bits per heavy atom. The first-order valence-electron chi connectivity index (χ1n) is 11.6. The van der Waals surface area contributed by atoms with Crippen molar-refractivity contribution in [2.45, 2.75) is 70.2 Å². The van der Waals surface area contributed by atoms with Crippen LogP contribution in [0.4, 0.5) is 4.79 Å². The van der Waals surface area contributed by atoms with Gasteiger partial charge in [0, 0.05) is 0 Å². The zero-order valence-electron chi connectivity index (χ0n) is 21.9. The van der Waals surface area contributed by atoms with Gasteiger partial charge >= 0.3 is 12.1 Å². The second-order valence-electron chi connectivity index (χ2n) is 10.2. The van der Waals surface area contributed by atoms with Crippen LogP contribution in [0.1, 0.15) is 53.1 Å². The first-order chi connectivity index (χ1) is 17.6. The van der Waals surface area contributed by atoms with Crippen LogP contribution in [0.15, 0.2) is 41.8 Å². The Balaban J connectivity index is 2.34. The predicted octanol–water partition coefficient (Wildman–Crippen LogP) is 3.34. The predicted molar refractivity (Wildman–Crippen MR) is 145 cm³/mol. The highest BCUT2D eigenvalue weighted by molar-refractivity contribution is 9.09. The van der Waals surface area contributed by atoms with Crippen molar-refractivity contribution in [3.8, 4) is 0 Å². The Morgan fingerprint density at radius 1 is 1.11 bits per heavy atom. The molecule has 38 heavy (non-hydrogen) atoms. The van der Waals surface area contributed by atoms with Gasteiger partial charge < -0.3 is 25.2 Å². The third kappa shape index (κ3) is 8.22. The Kier molecular flexibility index (Phi) is 10.4. The van der Waals surface area contributed by atoms with Gasteiger partial charge in [-0.3, -0.25) is 19.3 Å². The number of alkyl halides is 1. The molecule has 0 spiro atoms. The Bertz CT molecular complexity index is 1100. The van der Waals surface area contributed by atoms with Crippen LogP contribution in [0.5, 0.6) is 0 Å². The molecule has 3 amide bonds. The van der Waals surface area contributed by atoms with Gasteiger partial charge in [-0.25, -0.2) is 9.59 Å². The molecule has 3 atom stereocenters. The van der Waals surface area contributed by atoms with Gasteiger partial charge in [0.15, 0.2) is 11.3 Å². The number of allylic oxidation sites excluding steroid dienone is 1. The monoisotopic (exact) mass is 613 g/mol. The SMILES string of the molecule is CC(C)(C)OC(=O)NC(C(=O)NC1C(=O)N(C(C(=O)OC(C)(C)C)=C(O)CBr)C1SC=O)c1ccccc1. The number of ether oxygens (including phenoxy) is 2. The lowest BCUT2D eigenvalue weighted by molar-refractivity contribution is -0.159. The van der Waals surface area contributed by atoms with Crippen molar-refractivity contribution in [2.24, 2.45) is 0 Å². The number of esters is 1. The summed E-state index contributed by atoms with van der Waals surface area (Å²) in [5.74, 6) is -2.96. The van der Waals surface area contributed by atoms with Crippen molar-refractivity contribution in [3.63, 3.8) is 0 Å².